The predicted molar refractivity (Wildman–Crippen MR) is 80.4 cm³/mol. The molecule has 0 heterocycles. The molecular weight excluding hydrogens is 279 g/mol. The van der Waals surface area contributed by atoms with Crippen LogP contribution in [-0.4, -0.2) is 31.8 Å². The number of aliphatic imine (C=N–C) groups is 1. The highest BCUT2D eigenvalue weighted by molar-refractivity contribution is 5.79. The van der Waals surface area contributed by atoms with Crippen molar-refractivity contribution in [2.45, 2.75) is 64.6 Å². The lowest BCUT2D eigenvalue weighted by Crippen LogP contribution is -2.46. The first-order chi connectivity index (χ1) is 9.90. The van der Waals surface area contributed by atoms with Crippen molar-refractivity contribution in [2.24, 2.45) is 16.8 Å². The molecule has 2 N–H and O–H groups in total. The largest absolute Gasteiger partial charge is 0.391 e. The Morgan fingerprint density at radius 3 is 2.14 bits per heavy atom. The first kappa shape index (κ1) is 18.1. The minimum atomic E-state index is -4.04. The molecule has 1 saturated carbocycles. The zero-order valence-electron chi connectivity index (χ0n) is 13.3. The number of guanidine groups is 1. The molecule has 0 radical (unpaired) electrons. The van der Waals surface area contributed by atoms with E-state index in [0.29, 0.717) is 24.7 Å². The van der Waals surface area contributed by atoms with Crippen molar-refractivity contribution in [1.82, 2.24) is 10.6 Å². The monoisotopic (exact) mass is 307 g/mol. The smallest absolute Gasteiger partial charge is 0.356 e. The average molecular weight is 307 g/mol. The second-order valence-corrected chi connectivity index (χ2v) is 5.87. The van der Waals surface area contributed by atoms with Gasteiger partial charge in [-0.25, -0.2) is 0 Å². The number of hydrogen-bond donors (Lipinski definition) is 2. The molecule has 0 aromatic carbocycles. The Labute approximate surface area is 125 Å². The fourth-order valence-electron chi connectivity index (χ4n) is 2.77. The molecule has 0 aromatic rings. The molecule has 1 aliphatic rings. The van der Waals surface area contributed by atoms with Crippen LogP contribution in [0.2, 0.25) is 0 Å². The molecule has 0 unspecified atom stereocenters. The van der Waals surface area contributed by atoms with Crippen LogP contribution in [-0.2, 0) is 0 Å². The van der Waals surface area contributed by atoms with Gasteiger partial charge in [0.25, 0.3) is 0 Å². The van der Waals surface area contributed by atoms with Gasteiger partial charge in [-0.2, -0.15) is 13.2 Å². The van der Waals surface area contributed by atoms with E-state index in [2.05, 4.69) is 29.5 Å². The minimum absolute atomic E-state index is 0.0940. The third-order valence-corrected chi connectivity index (χ3v) is 4.47. The van der Waals surface area contributed by atoms with Crippen LogP contribution in [0.25, 0.3) is 0 Å². The Kier molecular flexibility index (Phi) is 7.32. The van der Waals surface area contributed by atoms with E-state index in [0.717, 1.165) is 19.4 Å². The summed E-state index contributed by atoms with van der Waals surface area (Å²) in [7, 11) is 1.70. The summed E-state index contributed by atoms with van der Waals surface area (Å²) in [5.41, 5.74) is 0. The fraction of sp³-hybridized carbons (Fsp3) is 0.933. The van der Waals surface area contributed by atoms with E-state index < -0.39 is 12.1 Å². The molecule has 1 aliphatic carbocycles. The zero-order valence-corrected chi connectivity index (χ0v) is 13.3. The summed E-state index contributed by atoms with van der Waals surface area (Å²) in [6, 6.07) is 0.0940. The van der Waals surface area contributed by atoms with Crippen LogP contribution >= 0.6 is 0 Å². The van der Waals surface area contributed by atoms with Crippen molar-refractivity contribution < 1.29 is 13.2 Å². The Hall–Kier alpha value is -0.940. The maximum absolute atomic E-state index is 12.6. The second kappa shape index (κ2) is 8.49. The third kappa shape index (κ3) is 6.14. The third-order valence-electron chi connectivity index (χ3n) is 4.47. The molecular formula is C15H28F3N3. The highest BCUT2D eigenvalue weighted by atomic mass is 19.4. The van der Waals surface area contributed by atoms with Gasteiger partial charge in [-0.15, -0.1) is 0 Å². The summed E-state index contributed by atoms with van der Waals surface area (Å²) in [6.45, 7) is 5.17. The molecule has 1 rings (SSSR count). The molecule has 0 atom stereocenters. The van der Waals surface area contributed by atoms with Crippen LogP contribution in [0.5, 0.6) is 0 Å². The standard InChI is InChI=1S/C15H28F3N3/c1-4-11(5-2)10-20-14(19-3)21-13-8-6-12(7-9-13)15(16,17)18/h11-13H,4-10H2,1-3H3,(H2,19,20,21). The first-order valence-electron chi connectivity index (χ1n) is 7.94. The van der Waals surface area contributed by atoms with Crippen LogP contribution in [0.4, 0.5) is 13.2 Å². The van der Waals surface area contributed by atoms with Gasteiger partial charge in [0, 0.05) is 19.6 Å². The molecule has 3 nitrogen and oxygen atoms in total. The van der Waals surface area contributed by atoms with Gasteiger partial charge in [0.15, 0.2) is 5.96 Å². The second-order valence-electron chi connectivity index (χ2n) is 5.87. The molecule has 1 fully saturated rings. The lowest BCUT2D eigenvalue weighted by molar-refractivity contribution is -0.182. The predicted octanol–water partition coefficient (Wildman–Crippen LogP) is 3.71. The van der Waals surface area contributed by atoms with E-state index in [9.17, 15) is 13.2 Å². The number of alkyl halides is 3. The Bertz CT molecular complexity index is 317. The van der Waals surface area contributed by atoms with E-state index in [4.69, 9.17) is 0 Å². The Morgan fingerprint density at radius 2 is 1.71 bits per heavy atom. The van der Waals surface area contributed by atoms with Crippen LogP contribution in [0.15, 0.2) is 4.99 Å². The topological polar surface area (TPSA) is 36.4 Å². The maximum Gasteiger partial charge on any atom is 0.391 e. The lowest BCUT2D eigenvalue weighted by atomic mass is 9.85. The molecule has 0 aromatic heterocycles. The van der Waals surface area contributed by atoms with Crippen molar-refractivity contribution >= 4 is 5.96 Å². The number of halogens is 3. The summed E-state index contributed by atoms with van der Waals surface area (Å²) < 4.78 is 37.9. The molecule has 0 bridgehead atoms. The molecule has 0 saturated heterocycles. The summed E-state index contributed by atoms with van der Waals surface area (Å²) in [5, 5.41) is 6.53. The number of rotatable bonds is 5. The minimum Gasteiger partial charge on any atom is -0.356 e. The summed E-state index contributed by atoms with van der Waals surface area (Å²) >= 11 is 0. The van der Waals surface area contributed by atoms with E-state index in [-0.39, 0.29) is 18.9 Å². The Balaban J connectivity index is 2.36. The van der Waals surface area contributed by atoms with Crippen LogP contribution < -0.4 is 10.6 Å². The Morgan fingerprint density at radius 1 is 1.14 bits per heavy atom. The molecule has 124 valence electrons. The highest BCUT2D eigenvalue weighted by Gasteiger charge is 2.41. The van der Waals surface area contributed by atoms with Crippen molar-refractivity contribution in [2.75, 3.05) is 13.6 Å². The molecule has 6 heteroatoms. The summed E-state index contributed by atoms with van der Waals surface area (Å²) in [5.74, 6) is 0.178. The average Bonchev–Trinajstić information content (AvgIpc) is 2.46. The van der Waals surface area contributed by atoms with Gasteiger partial charge in [-0.3, -0.25) is 4.99 Å². The van der Waals surface area contributed by atoms with Gasteiger partial charge in [0.1, 0.15) is 0 Å². The number of nitrogens with one attached hydrogen (secondary N) is 2. The fourth-order valence-corrected chi connectivity index (χ4v) is 2.77. The van der Waals surface area contributed by atoms with E-state index in [1.807, 2.05) is 0 Å². The van der Waals surface area contributed by atoms with Crippen molar-refractivity contribution in [3.8, 4) is 0 Å². The van der Waals surface area contributed by atoms with Crippen molar-refractivity contribution in [3.63, 3.8) is 0 Å². The molecule has 21 heavy (non-hydrogen) atoms. The molecule has 0 aliphatic heterocycles. The van der Waals surface area contributed by atoms with E-state index in [1.54, 1.807) is 7.05 Å². The van der Waals surface area contributed by atoms with Gasteiger partial charge in [0.05, 0.1) is 5.92 Å². The van der Waals surface area contributed by atoms with E-state index in [1.165, 1.54) is 0 Å². The van der Waals surface area contributed by atoms with E-state index >= 15 is 0 Å². The number of hydrogen-bond acceptors (Lipinski definition) is 1. The normalized spacial score (nSPS) is 24.2. The molecule has 0 spiro atoms. The van der Waals surface area contributed by atoms with Crippen molar-refractivity contribution in [3.05, 3.63) is 0 Å². The first-order valence-corrected chi connectivity index (χ1v) is 7.94. The lowest BCUT2D eigenvalue weighted by Gasteiger charge is -2.31. The highest BCUT2D eigenvalue weighted by Crippen LogP contribution is 2.37. The number of nitrogens with zero attached hydrogens (tertiary/aromatic N) is 1. The van der Waals surface area contributed by atoms with Gasteiger partial charge < -0.3 is 10.6 Å². The van der Waals surface area contributed by atoms with Gasteiger partial charge in [0.2, 0.25) is 0 Å². The van der Waals surface area contributed by atoms with Gasteiger partial charge >= 0.3 is 6.18 Å². The van der Waals surface area contributed by atoms with Crippen LogP contribution in [0.1, 0.15) is 52.4 Å². The SMILES string of the molecule is CCC(CC)CNC(=NC)NC1CCC(C(F)(F)F)CC1. The summed E-state index contributed by atoms with van der Waals surface area (Å²) in [4.78, 5) is 4.16. The summed E-state index contributed by atoms with van der Waals surface area (Å²) in [6.07, 6.45) is -0.296. The van der Waals surface area contributed by atoms with Crippen LogP contribution in [0.3, 0.4) is 0 Å². The van der Waals surface area contributed by atoms with Gasteiger partial charge in [-0.1, -0.05) is 26.7 Å². The molecule has 0 amide bonds. The van der Waals surface area contributed by atoms with Gasteiger partial charge in [-0.05, 0) is 31.6 Å². The van der Waals surface area contributed by atoms with Crippen molar-refractivity contribution in [1.29, 1.82) is 0 Å². The maximum atomic E-state index is 12.6. The van der Waals surface area contributed by atoms with Crippen LogP contribution in [0, 0.1) is 11.8 Å². The quantitative estimate of drug-likeness (QED) is 0.600. The zero-order chi connectivity index (χ0) is 15.9.